The number of rotatable bonds is 5. The molecule has 1 fully saturated rings. The molecule has 2 aromatic heterocycles. The molecule has 0 spiro atoms. The summed E-state index contributed by atoms with van der Waals surface area (Å²) < 4.78 is 1.52. The number of anilines is 1. The van der Waals surface area contributed by atoms with E-state index in [0.717, 1.165) is 12.3 Å². The van der Waals surface area contributed by atoms with Crippen LogP contribution in [-0.2, 0) is 0 Å². The van der Waals surface area contributed by atoms with Gasteiger partial charge in [0, 0.05) is 11.4 Å². The highest BCUT2D eigenvalue weighted by molar-refractivity contribution is 7.15. The molecular formula is C11H14N4O2S. The number of nitrogens with zero attached hydrogens (tertiary/aromatic N) is 3. The van der Waals surface area contributed by atoms with Gasteiger partial charge in [-0.05, 0) is 24.2 Å². The zero-order chi connectivity index (χ0) is 12.7. The van der Waals surface area contributed by atoms with E-state index >= 15 is 0 Å². The predicted molar refractivity (Wildman–Crippen MR) is 70.1 cm³/mol. The van der Waals surface area contributed by atoms with Crippen molar-refractivity contribution >= 4 is 27.9 Å². The summed E-state index contributed by atoms with van der Waals surface area (Å²) in [7, 11) is 0. The van der Waals surface area contributed by atoms with E-state index in [1.807, 2.05) is 0 Å². The maximum Gasteiger partial charge on any atom is 0.372 e. The quantitative estimate of drug-likeness (QED) is 0.667. The number of fused-ring (bicyclic) bond motifs is 1. The first-order chi connectivity index (χ1) is 8.65. The van der Waals surface area contributed by atoms with Crippen LogP contribution in [0.25, 0.3) is 4.96 Å². The van der Waals surface area contributed by atoms with Crippen LogP contribution in [0.4, 0.5) is 11.6 Å². The number of nitro groups is 1. The molecule has 1 N–H and O–H groups in total. The highest BCUT2D eigenvalue weighted by Gasteiger charge is 2.27. The highest BCUT2D eigenvalue weighted by Crippen LogP contribution is 2.35. The smallest absolute Gasteiger partial charge is 0.360 e. The normalized spacial score (nSPS) is 16.9. The van der Waals surface area contributed by atoms with Crippen LogP contribution < -0.4 is 5.32 Å². The second-order valence-electron chi connectivity index (χ2n) is 4.82. The van der Waals surface area contributed by atoms with Gasteiger partial charge in [0.2, 0.25) is 5.82 Å². The van der Waals surface area contributed by atoms with Crippen molar-refractivity contribution < 1.29 is 4.92 Å². The molecule has 1 aliphatic carbocycles. The average Bonchev–Trinajstić information content (AvgIpc) is 2.85. The lowest BCUT2D eigenvalue weighted by Gasteiger charge is -2.11. The third kappa shape index (κ3) is 2.05. The molecule has 0 amide bonds. The van der Waals surface area contributed by atoms with Crippen LogP contribution in [0, 0.1) is 16.0 Å². The number of nitrogens with one attached hydrogen (secondary N) is 1. The van der Waals surface area contributed by atoms with Crippen LogP contribution in [0.15, 0.2) is 11.6 Å². The average molecular weight is 266 g/mol. The van der Waals surface area contributed by atoms with Crippen molar-refractivity contribution in [2.45, 2.75) is 32.2 Å². The van der Waals surface area contributed by atoms with Crippen molar-refractivity contribution in [2.24, 2.45) is 5.92 Å². The molecule has 0 aliphatic heterocycles. The minimum absolute atomic E-state index is 0.0360. The fraction of sp³-hybridized carbons (Fsp3) is 0.545. The van der Waals surface area contributed by atoms with Crippen LogP contribution in [0.2, 0.25) is 0 Å². The van der Waals surface area contributed by atoms with Crippen LogP contribution in [0.1, 0.15) is 26.2 Å². The monoisotopic (exact) mass is 266 g/mol. The number of imidazole rings is 1. The van der Waals surface area contributed by atoms with Gasteiger partial charge in [-0.25, -0.2) is 0 Å². The van der Waals surface area contributed by atoms with Crippen LogP contribution >= 0.6 is 11.3 Å². The fourth-order valence-corrected chi connectivity index (χ4v) is 2.90. The van der Waals surface area contributed by atoms with Gasteiger partial charge in [0.25, 0.3) is 4.96 Å². The predicted octanol–water partition coefficient (Wildman–Crippen LogP) is 2.90. The van der Waals surface area contributed by atoms with Gasteiger partial charge >= 0.3 is 5.82 Å². The summed E-state index contributed by atoms with van der Waals surface area (Å²) in [6.07, 6.45) is 5.31. The second kappa shape index (κ2) is 4.24. The molecule has 1 atom stereocenters. The van der Waals surface area contributed by atoms with E-state index in [-0.39, 0.29) is 16.8 Å². The molecule has 18 heavy (non-hydrogen) atoms. The van der Waals surface area contributed by atoms with Gasteiger partial charge in [-0.3, -0.25) is 0 Å². The summed E-state index contributed by atoms with van der Waals surface area (Å²) in [5, 5.41) is 16.1. The molecule has 6 nitrogen and oxygen atoms in total. The summed E-state index contributed by atoms with van der Waals surface area (Å²) in [5.74, 6) is 1.21. The number of hydrogen-bond acceptors (Lipinski definition) is 5. The maximum atomic E-state index is 11.1. The van der Waals surface area contributed by atoms with E-state index < -0.39 is 0 Å². The summed E-state index contributed by atoms with van der Waals surface area (Å²) in [5.41, 5.74) is 0. The molecule has 0 saturated heterocycles. The van der Waals surface area contributed by atoms with Crippen molar-refractivity contribution in [1.29, 1.82) is 0 Å². The molecular weight excluding hydrogens is 252 g/mol. The van der Waals surface area contributed by atoms with Crippen molar-refractivity contribution in [3.05, 3.63) is 21.7 Å². The molecule has 1 saturated carbocycles. The Bertz CT molecular complexity index is 587. The molecule has 7 heteroatoms. The Balaban J connectivity index is 1.87. The molecule has 0 aromatic carbocycles. The largest absolute Gasteiger partial charge is 0.372 e. The first kappa shape index (κ1) is 11.5. The Kier molecular flexibility index (Phi) is 2.70. The Hall–Kier alpha value is -1.63. The number of aromatic nitrogens is 2. The van der Waals surface area contributed by atoms with E-state index in [4.69, 9.17) is 0 Å². The lowest BCUT2D eigenvalue weighted by molar-refractivity contribution is -0.389. The van der Waals surface area contributed by atoms with Crippen LogP contribution in [0.5, 0.6) is 0 Å². The lowest BCUT2D eigenvalue weighted by atomic mass is 10.1. The van der Waals surface area contributed by atoms with Crippen molar-refractivity contribution in [2.75, 3.05) is 5.32 Å². The molecule has 0 radical (unpaired) electrons. The summed E-state index contributed by atoms with van der Waals surface area (Å²) >= 11 is 1.40. The van der Waals surface area contributed by atoms with Crippen LogP contribution in [0.3, 0.4) is 0 Å². The standard InChI is InChI=1S/C11H14N4O2S/c1-7(6-8-2-3-8)12-9-10(15(16)17)14-4-5-18-11(14)13-9/h4-5,7-8,12H,2-3,6H2,1H3. The third-order valence-electron chi connectivity index (χ3n) is 3.18. The van der Waals surface area contributed by atoms with E-state index in [2.05, 4.69) is 17.2 Å². The van der Waals surface area contributed by atoms with Crippen molar-refractivity contribution in [1.82, 2.24) is 9.38 Å². The number of hydrogen-bond donors (Lipinski definition) is 1. The zero-order valence-corrected chi connectivity index (χ0v) is 10.8. The zero-order valence-electron chi connectivity index (χ0n) is 10.00. The minimum atomic E-state index is -0.376. The van der Waals surface area contributed by atoms with Gasteiger partial charge in [0.15, 0.2) is 0 Å². The molecule has 0 bridgehead atoms. The lowest BCUT2D eigenvalue weighted by Crippen LogP contribution is -2.16. The van der Waals surface area contributed by atoms with E-state index in [0.29, 0.717) is 10.8 Å². The fourth-order valence-electron chi connectivity index (χ4n) is 2.19. The second-order valence-corrected chi connectivity index (χ2v) is 5.69. The third-order valence-corrected chi connectivity index (χ3v) is 3.93. The van der Waals surface area contributed by atoms with Gasteiger partial charge in [-0.1, -0.05) is 24.2 Å². The van der Waals surface area contributed by atoms with Gasteiger partial charge in [-0.2, -0.15) is 9.38 Å². The summed E-state index contributed by atoms with van der Waals surface area (Å²) in [4.78, 5) is 15.7. The van der Waals surface area contributed by atoms with Gasteiger partial charge in [-0.15, -0.1) is 0 Å². The molecule has 96 valence electrons. The maximum absolute atomic E-state index is 11.1. The van der Waals surface area contributed by atoms with E-state index in [1.54, 1.807) is 11.6 Å². The summed E-state index contributed by atoms with van der Waals surface area (Å²) in [6.45, 7) is 2.05. The number of thiazole rings is 1. The van der Waals surface area contributed by atoms with Gasteiger partial charge in [0.1, 0.15) is 6.20 Å². The van der Waals surface area contributed by atoms with E-state index in [9.17, 15) is 10.1 Å². The first-order valence-corrected chi connectivity index (χ1v) is 6.89. The molecule has 1 unspecified atom stereocenters. The first-order valence-electron chi connectivity index (χ1n) is 6.01. The Morgan fingerprint density at radius 2 is 2.50 bits per heavy atom. The van der Waals surface area contributed by atoms with Gasteiger partial charge < -0.3 is 15.4 Å². The highest BCUT2D eigenvalue weighted by atomic mass is 32.1. The van der Waals surface area contributed by atoms with Crippen LogP contribution in [-0.4, -0.2) is 20.3 Å². The molecule has 1 aliphatic rings. The minimum Gasteiger partial charge on any atom is -0.360 e. The Morgan fingerprint density at radius 3 is 3.17 bits per heavy atom. The molecule has 3 rings (SSSR count). The SMILES string of the molecule is CC(CC1CC1)Nc1nc2sccn2c1[N+](=O)[O-]. The Labute approximate surface area is 108 Å². The van der Waals surface area contributed by atoms with E-state index in [1.165, 1.54) is 28.6 Å². The van der Waals surface area contributed by atoms with Crippen molar-refractivity contribution in [3.63, 3.8) is 0 Å². The summed E-state index contributed by atoms with van der Waals surface area (Å²) in [6, 6.07) is 0.223. The molecule has 2 aromatic rings. The topological polar surface area (TPSA) is 72.5 Å². The van der Waals surface area contributed by atoms with Gasteiger partial charge in [0.05, 0.1) is 0 Å². The Morgan fingerprint density at radius 1 is 1.72 bits per heavy atom. The van der Waals surface area contributed by atoms with Crippen molar-refractivity contribution in [3.8, 4) is 0 Å². The molecule has 2 heterocycles.